The van der Waals surface area contributed by atoms with Crippen molar-refractivity contribution in [2.45, 2.75) is 43.9 Å². The van der Waals surface area contributed by atoms with E-state index in [1.165, 1.54) is 18.3 Å². The molecule has 3 fully saturated rings. The van der Waals surface area contributed by atoms with Crippen LogP contribution in [-0.2, 0) is 16.1 Å². The number of ether oxygens (including phenoxy) is 1. The van der Waals surface area contributed by atoms with Crippen LogP contribution in [0.2, 0.25) is 0 Å². The molecule has 1 aliphatic heterocycles. The number of hydrogen-bond donors (Lipinski definition) is 2. The zero-order chi connectivity index (χ0) is 22.5. The van der Waals surface area contributed by atoms with E-state index in [4.69, 9.17) is 4.74 Å². The lowest BCUT2D eigenvalue weighted by molar-refractivity contribution is -0.129. The van der Waals surface area contributed by atoms with Crippen LogP contribution in [0.5, 0.6) is 5.88 Å². The number of aromatic nitrogens is 3. The third-order valence-corrected chi connectivity index (χ3v) is 6.01. The first-order valence-corrected chi connectivity index (χ1v) is 10.7. The number of nitrogens with zero attached hydrogens (tertiary/aromatic N) is 4. The van der Waals surface area contributed by atoms with Crippen LogP contribution in [0.4, 0.5) is 4.39 Å². The van der Waals surface area contributed by atoms with Crippen molar-refractivity contribution in [3.05, 3.63) is 33.8 Å². The fourth-order valence-corrected chi connectivity index (χ4v) is 3.79. The predicted molar refractivity (Wildman–Crippen MR) is 111 cm³/mol. The maximum atomic E-state index is 14.7. The molecule has 0 radical (unpaired) electrons. The van der Waals surface area contributed by atoms with Gasteiger partial charge in [-0.2, -0.15) is 9.61 Å². The Morgan fingerprint density at radius 1 is 1.31 bits per heavy atom. The fourth-order valence-electron chi connectivity index (χ4n) is 3.79. The number of fused-ring (bicyclic) bond motifs is 1. The molecule has 2 aromatic rings. The summed E-state index contributed by atoms with van der Waals surface area (Å²) in [4.78, 5) is 39.9. The number of carbonyl (C=O) groups excluding carboxylic acids is 2. The highest BCUT2D eigenvalue weighted by Gasteiger charge is 2.44. The van der Waals surface area contributed by atoms with Crippen molar-refractivity contribution in [2.24, 2.45) is 0 Å². The molecule has 1 saturated heterocycles. The van der Waals surface area contributed by atoms with E-state index in [-0.39, 0.29) is 24.1 Å². The van der Waals surface area contributed by atoms with Gasteiger partial charge in [0, 0.05) is 30.8 Å². The van der Waals surface area contributed by atoms with Crippen molar-refractivity contribution in [1.29, 1.82) is 0 Å². The molecule has 11 heteroatoms. The highest BCUT2D eigenvalue weighted by atomic mass is 19.1. The van der Waals surface area contributed by atoms with Crippen LogP contribution < -0.4 is 10.9 Å². The first kappa shape index (κ1) is 20.7. The number of carbonyl (C=O) groups is 2. The second-order valence-corrected chi connectivity index (χ2v) is 8.59. The number of morpholine rings is 1. The third-order valence-electron chi connectivity index (χ3n) is 6.01. The van der Waals surface area contributed by atoms with Gasteiger partial charge in [0.2, 0.25) is 11.8 Å². The minimum atomic E-state index is -1.54. The molecule has 3 heterocycles. The lowest BCUT2D eigenvalue weighted by Crippen LogP contribution is -2.39. The largest absolute Gasteiger partial charge is 0.492 e. The molecule has 2 saturated carbocycles. The number of alkyl halides is 1. The molecule has 0 unspecified atom stereocenters. The highest BCUT2D eigenvalue weighted by Crippen LogP contribution is 2.41. The smallest absolute Gasteiger partial charge is 0.270 e. The van der Waals surface area contributed by atoms with E-state index in [0.717, 1.165) is 21.9 Å². The first-order chi connectivity index (χ1) is 15.4. The van der Waals surface area contributed by atoms with Crippen molar-refractivity contribution in [2.75, 3.05) is 26.3 Å². The summed E-state index contributed by atoms with van der Waals surface area (Å²) in [6.45, 7) is 1.63. The second kappa shape index (κ2) is 7.73. The molecule has 2 N–H and O–H groups in total. The van der Waals surface area contributed by atoms with Crippen molar-refractivity contribution >= 4 is 23.5 Å². The summed E-state index contributed by atoms with van der Waals surface area (Å²) in [6.07, 6.45) is 6.45. The number of amides is 2. The van der Waals surface area contributed by atoms with Crippen LogP contribution >= 0.6 is 0 Å². The van der Waals surface area contributed by atoms with E-state index in [9.17, 15) is 23.9 Å². The van der Waals surface area contributed by atoms with Gasteiger partial charge < -0.3 is 20.1 Å². The zero-order valence-corrected chi connectivity index (χ0v) is 17.4. The normalized spacial score (nSPS) is 20.1. The number of nitrogens with one attached hydrogen (secondary N) is 1. The molecule has 2 aromatic heterocycles. The zero-order valence-electron chi connectivity index (χ0n) is 17.4. The minimum Gasteiger partial charge on any atom is -0.492 e. The van der Waals surface area contributed by atoms with Gasteiger partial charge in [0.05, 0.1) is 26.0 Å². The maximum absolute atomic E-state index is 14.7. The van der Waals surface area contributed by atoms with Crippen LogP contribution in [0.3, 0.4) is 0 Å². The summed E-state index contributed by atoms with van der Waals surface area (Å²) in [5.41, 5.74) is -2.30. The molecule has 0 bridgehead atoms. The molecule has 5 rings (SSSR count). The molecule has 0 aromatic carbocycles. The lowest BCUT2D eigenvalue weighted by atomic mass is 10.2. The van der Waals surface area contributed by atoms with Crippen molar-refractivity contribution < 1.29 is 23.8 Å². The SMILES string of the molecule is O=C(NC1CC1)c1c(O)n2ncc(C=CC(=O)N3CCOCC3)c2n(CC2(F)CC2)c1=O. The Labute approximate surface area is 182 Å². The summed E-state index contributed by atoms with van der Waals surface area (Å²) in [6, 6.07) is -0.0243. The van der Waals surface area contributed by atoms with Gasteiger partial charge >= 0.3 is 0 Å². The quantitative estimate of drug-likeness (QED) is 0.624. The van der Waals surface area contributed by atoms with Crippen LogP contribution in [0.1, 0.15) is 41.6 Å². The average molecular weight is 445 g/mol. The van der Waals surface area contributed by atoms with E-state index in [0.29, 0.717) is 44.7 Å². The molecule has 3 aliphatic rings. The van der Waals surface area contributed by atoms with Crippen LogP contribution in [0, 0.1) is 0 Å². The van der Waals surface area contributed by atoms with Gasteiger partial charge in [-0.3, -0.25) is 19.0 Å². The summed E-state index contributed by atoms with van der Waals surface area (Å²) < 4.78 is 22.1. The molecular weight excluding hydrogens is 421 g/mol. The molecule has 2 amide bonds. The Balaban J connectivity index is 1.56. The first-order valence-electron chi connectivity index (χ1n) is 10.7. The van der Waals surface area contributed by atoms with Gasteiger partial charge in [-0.05, 0) is 31.8 Å². The predicted octanol–water partition coefficient (Wildman–Crippen LogP) is 0.468. The standard InChI is InChI=1S/C21H24FN5O5/c22-21(5-6-21)12-26-18-13(1-4-15(28)25-7-9-32-10-8-25)11-23-27(18)20(31)16(19(26)30)17(29)24-14-2-3-14/h1,4,11,14,31H,2-3,5-10,12H2,(H,24,29). The summed E-state index contributed by atoms with van der Waals surface area (Å²) in [7, 11) is 0. The highest BCUT2D eigenvalue weighted by molar-refractivity contribution is 5.97. The van der Waals surface area contributed by atoms with Crippen LogP contribution in [0.15, 0.2) is 17.1 Å². The Morgan fingerprint density at radius 3 is 2.69 bits per heavy atom. The number of rotatable bonds is 6. The van der Waals surface area contributed by atoms with Gasteiger partial charge in [-0.1, -0.05) is 0 Å². The van der Waals surface area contributed by atoms with Gasteiger partial charge in [0.1, 0.15) is 11.3 Å². The van der Waals surface area contributed by atoms with Gasteiger partial charge in [0.15, 0.2) is 5.56 Å². The van der Waals surface area contributed by atoms with E-state index in [1.54, 1.807) is 4.90 Å². The molecule has 0 spiro atoms. The van der Waals surface area contributed by atoms with Crippen LogP contribution in [0.25, 0.3) is 11.7 Å². The number of hydrogen-bond acceptors (Lipinski definition) is 6. The van der Waals surface area contributed by atoms with E-state index in [2.05, 4.69) is 10.4 Å². The third kappa shape index (κ3) is 3.88. The molecule has 32 heavy (non-hydrogen) atoms. The lowest BCUT2D eigenvalue weighted by Gasteiger charge is -2.25. The van der Waals surface area contributed by atoms with Crippen LogP contribution in [-0.4, -0.2) is 74.0 Å². The maximum Gasteiger partial charge on any atom is 0.270 e. The summed E-state index contributed by atoms with van der Waals surface area (Å²) in [5, 5.41) is 17.5. The summed E-state index contributed by atoms with van der Waals surface area (Å²) >= 11 is 0. The van der Waals surface area contributed by atoms with Crippen molar-refractivity contribution in [3.8, 4) is 5.88 Å². The molecule has 2 aliphatic carbocycles. The van der Waals surface area contributed by atoms with Crippen molar-refractivity contribution in [1.82, 2.24) is 24.4 Å². The Hall–Kier alpha value is -3.21. The van der Waals surface area contributed by atoms with Gasteiger partial charge in [-0.25, -0.2) is 4.39 Å². The van der Waals surface area contributed by atoms with Gasteiger partial charge in [0.25, 0.3) is 11.5 Å². The number of halogens is 1. The molecule has 10 nitrogen and oxygen atoms in total. The molecular formula is C21H24FN5O5. The molecule has 0 atom stereocenters. The minimum absolute atomic E-state index is 0.0243. The van der Waals surface area contributed by atoms with Crippen molar-refractivity contribution in [3.63, 3.8) is 0 Å². The molecule has 170 valence electrons. The topological polar surface area (TPSA) is 118 Å². The Morgan fingerprint density at radius 2 is 2.03 bits per heavy atom. The fraction of sp³-hybridized carbons (Fsp3) is 0.524. The number of aromatic hydroxyl groups is 1. The van der Waals surface area contributed by atoms with Gasteiger partial charge in [-0.15, -0.1) is 0 Å². The van der Waals surface area contributed by atoms with E-state index in [1.807, 2.05) is 0 Å². The Bertz CT molecular complexity index is 1170. The Kier molecular flexibility index (Phi) is 5.00. The second-order valence-electron chi connectivity index (χ2n) is 8.59. The van der Waals surface area contributed by atoms with E-state index < -0.39 is 28.6 Å². The summed E-state index contributed by atoms with van der Waals surface area (Å²) in [5.74, 6) is -1.54. The van der Waals surface area contributed by atoms with E-state index >= 15 is 0 Å². The average Bonchev–Trinajstić information content (AvgIpc) is 3.69. The monoisotopic (exact) mass is 445 g/mol.